The van der Waals surface area contributed by atoms with E-state index >= 15 is 0 Å². The summed E-state index contributed by atoms with van der Waals surface area (Å²) in [5.74, 6) is -0.512. The van der Waals surface area contributed by atoms with E-state index < -0.39 is 21.3 Å². The van der Waals surface area contributed by atoms with Gasteiger partial charge in [-0.3, -0.25) is 14.5 Å². The van der Waals surface area contributed by atoms with E-state index in [-0.39, 0.29) is 5.25 Å². The first kappa shape index (κ1) is 21.5. The number of aromatic nitrogens is 2. The zero-order valence-corrected chi connectivity index (χ0v) is 19.2. The van der Waals surface area contributed by atoms with Crippen LogP contribution in [0.2, 0.25) is 0 Å². The molecule has 1 aliphatic rings. The van der Waals surface area contributed by atoms with Crippen LogP contribution in [0.4, 0.5) is 5.13 Å². The van der Waals surface area contributed by atoms with Crippen LogP contribution in [0.25, 0.3) is 11.1 Å². The number of primary amides is 1. The predicted molar refractivity (Wildman–Crippen MR) is 123 cm³/mol. The van der Waals surface area contributed by atoms with Gasteiger partial charge in [-0.15, -0.1) is 11.3 Å². The molecule has 162 valence electrons. The highest BCUT2D eigenvalue weighted by atomic mass is 32.2. The summed E-state index contributed by atoms with van der Waals surface area (Å²) in [6.07, 6.45) is 4.94. The Bertz CT molecular complexity index is 1260. The molecular weight excluding hydrogens is 432 g/mol. The quantitative estimate of drug-likeness (QED) is 0.560. The SMILES string of the molecule is Cc1cncc(-c2ccc(C(N)=O)cc2C(C)(C)c2csc(NS(=O)(=O)C3CC3)n2)c1. The van der Waals surface area contributed by atoms with E-state index in [0.717, 1.165) is 22.3 Å². The third-order valence-electron chi connectivity index (χ3n) is 5.50. The highest BCUT2D eigenvalue weighted by Gasteiger charge is 2.37. The summed E-state index contributed by atoms with van der Waals surface area (Å²) in [6.45, 7) is 5.96. The van der Waals surface area contributed by atoms with E-state index in [1.165, 1.54) is 11.3 Å². The Labute approximate surface area is 185 Å². The molecule has 0 atom stereocenters. The van der Waals surface area contributed by atoms with Crippen LogP contribution in [-0.2, 0) is 15.4 Å². The van der Waals surface area contributed by atoms with E-state index in [4.69, 9.17) is 5.73 Å². The minimum atomic E-state index is -3.38. The number of sulfonamides is 1. The monoisotopic (exact) mass is 456 g/mol. The number of nitrogens with two attached hydrogens (primary N) is 1. The number of carbonyl (C=O) groups excluding carboxylic acids is 1. The Kier molecular flexibility index (Phi) is 5.35. The van der Waals surface area contributed by atoms with Crippen molar-refractivity contribution in [3.05, 3.63) is 64.4 Å². The van der Waals surface area contributed by atoms with Crippen molar-refractivity contribution >= 4 is 32.4 Å². The van der Waals surface area contributed by atoms with Gasteiger partial charge in [0, 0.05) is 34.3 Å². The second kappa shape index (κ2) is 7.72. The minimum absolute atomic E-state index is 0.319. The number of carbonyl (C=O) groups is 1. The molecule has 1 saturated carbocycles. The molecule has 7 nitrogen and oxygen atoms in total. The van der Waals surface area contributed by atoms with Crippen LogP contribution >= 0.6 is 11.3 Å². The second-order valence-corrected chi connectivity index (χ2v) is 11.2. The van der Waals surface area contributed by atoms with E-state index in [9.17, 15) is 13.2 Å². The Morgan fingerprint density at radius 2 is 1.97 bits per heavy atom. The molecule has 2 heterocycles. The maximum atomic E-state index is 12.3. The molecule has 0 unspecified atom stereocenters. The van der Waals surface area contributed by atoms with E-state index in [1.807, 2.05) is 38.3 Å². The smallest absolute Gasteiger partial charge is 0.248 e. The van der Waals surface area contributed by atoms with Crippen molar-refractivity contribution in [2.75, 3.05) is 4.72 Å². The van der Waals surface area contributed by atoms with Crippen molar-refractivity contribution in [1.82, 2.24) is 9.97 Å². The van der Waals surface area contributed by atoms with E-state index in [0.29, 0.717) is 29.2 Å². The normalized spacial score (nSPS) is 14.4. The number of thiazole rings is 1. The van der Waals surface area contributed by atoms with Gasteiger partial charge in [-0.2, -0.15) is 0 Å². The van der Waals surface area contributed by atoms with Gasteiger partial charge in [0.2, 0.25) is 15.9 Å². The molecule has 1 aromatic carbocycles. The van der Waals surface area contributed by atoms with Crippen LogP contribution in [0.15, 0.2) is 42.0 Å². The standard InChI is InChI=1S/C22H24N4O3S2/c1-13-8-15(11-24-10-13)17-7-4-14(20(23)27)9-18(17)22(2,3)19-12-30-21(25-19)26-31(28,29)16-5-6-16/h4,7-12,16H,5-6H2,1-3H3,(H2,23,27)(H,25,26). The van der Waals surface area contributed by atoms with Gasteiger partial charge >= 0.3 is 0 Å². The molecule has 9 heteroatoms. The molecule has 2 aromatic heterocycles. The molecule has 3 N–H and O–H groups in total. The molecular formula is C22H24N4O3S2. The zero-order chi connectivity index (χ0) is 22.4. The van der Waals surface area contributed by atoms with Crippen LogP contribution < -0.4 is 10.5 Å². The summed E-state index contributed by atoms with van der Waals surface area (Å²) in [6, 6.07) is 7.39. The van der Waals surface area contributed by atoms with Crippen molar-refractivity contribution in [2.45, 2.75) is 44.3 Å². The number of anilines is 1. The summed E-state index contributed by atoms with van der Waals surface area (Å²) in [5, 5.41) is 1.88. The van der Waals surface area contributed by atoms with E-state index in [2.05, 4.69) is 14.7 Å². The average Bonchev–Trinajstić information content (AvgIpc) is 3.48. The minimum Gasteiger partial charge on any atom is -0.366 e. The number of nitrogens with one attached hydrogen (secondary N) is 1. The summed E-state index contributed by atoms with van der Waals surface area (Å²) >= 11 is 1.25. The first-order chi connectivity index (χ1) is 14.6. The van der Waals surface area contributed by atoms with Gasteiger partial charge in [-0.1, -0.05) is 19.9 Å². The van der Waals surface area contributed by atoms with Crippen molar-refractivity contribution in [3.63, 3.8) is 0 Å². The predicted octanol–water partition coefficient (Wildman–Crippen LogP) is 3.84. The lowest BCUT2D eigenvalue weighted by Crippen LogP contribution is -2.23. The number of hydrogen-bond acceptors (Lipinski definition) is 6. The lowest BCUT2D eigenvalue weighted by molar-refractivity contribution is 0.1000. The lowest BCUT2D eigenvalue weighted by atomic mass is 9.77. The number of pyridine rings is 1. The molecule has 31 heavy (non-hydrogen) atoms. The van der Waals surface area contributed by atoms with Gasteiger partial charge in [-0.05, 0) is 54.7 Å². The number of nitrogens with zero attached hydrogens (tertiary/aromatic N) is 2. The Hall–Kier alpha value is -2.78. The molecule has 0 bridgehead atoms. The van der Waals surface area contributed by atoms with Crippen molar-refractivity contribution in [1.29, 1.82) is 0 Å². The largest absolute Gasteiger partial charge is 0.366 e. The summed E-state index contributed by atoms with van der Waals surface area (Å²) < 4.78 is 27.2. The van der Waals surface area contributed by atoms with Crippen LogP contribution in [0.3, 0.4) is 0 Å². The average molecular weight is 457 g/mol. The number of rotatable bonds is 7. The fraction of sp³-hybridized carbons (Fsp3) is 0.318. The van der Waals surface area contributed by atoms with Crippen molar-refractivity contribution in [2.24, 2.45) is 5.73 Å². The van der Waals surface area contributed by atoms with Crippen LogP contribution in [0.1, 0.15) is 53.9 Å². The first-order valence-electron chi connectivity index (χ1n) is 9.92. The first-order valence-corrected chi connectivity index (χ1v) is 12.3. The Balaban J connectivity index is 1.78. The molecule has 3 aromatic rings. The van der Waals surface area contributed by atoms with E-state index in [1.54, 1.807) is 24.5 Å². The fourth-order valence-corrected chi connectivity index (χ4v) is 5.97. The molecule has 0 aliphatic heterocycles. The summed E-state index contributed by atoms with van der Waals surface area (Å²) in [5.41, 5.74) is 9.74. The lowest BCUT2D eigenvalue weighted by Gasteiger charge is -2.27. The number of amides is 1. The molecule has 1 aliphatic carbocycles. The molecule has 1 fully saturated rings. The van der Waals surface area contributed by atoms with Crippen LogP contribution in [0, 0.1) is 6.92 Å². The molecule has 0 radical (unpaired) electrons. The van der Waals surface area contributed by atoms with Gasteiger partial charge in [0.25, 0.3) is 0 Å². The van der Waals surface area contributed by atoms with Crippen molar-refractivity contribution < 1.29 is 13.2 Å². The van der Waals surface area contributed by atoms with Gasteiger partial charge < -0.3 is 5.73 Å². The van der Waals surface area contributed by atoms with Gasteiger partial charge in [0.15, 0.2) is 5.13 Å². The molecule has 1 amide bonds. The Morgan fingerprint density at radius 3 is 2.61 bits per heavy atom. The van der Waals surface area contributed by atoms with Gasteiger partial charge in [0.1, 0.15) is 0 Å². The van der Waals surface area contributed by atoms with Gasteiger partial charge in [0.05, 0.1) is 10.9 Å². The molecule has 0 saturated heterocycles. The maximum Gasteiger partial charge on any atom is 0.248 e. The third kappa shape index (κ3) is 4.33. The summed E-state index contributed by atoms with van der Waals surface area (Å²) in [7, 11) is -3.38. The molecule has 0 spiro atoms. The maximum absolute atomic E-state index is 12.3. The number of benzene rings is 1. The van der Waals surface area contributed by atoms with Gasteiger partial charge in [-0.25, -0.2) is 13.4 Å². The topological polar surface area (TPSA) is 115 Å². The fourth-order valence-electron chi connectivity index (χ4n) is 3.50. The highest BCUT2D eigenvalue weighted by Crippen LogP contribution is 2.40. The van der Waals surface area contributed by atoms with Crippen LogP contribution in [0.5, 0.6) is 0 Å². The summed E-state index contributed by atoms with van der Waals surface area (Å²) in [4.78, 5) is 20.7. The molecule has 4 rings (SSSR count). The number of aryl methyl sites for hydroxylation is 1. The number of hydrogen-bond donors (Lipinski definition) is 2. The van der Waals surface area contributed by atoms with Crippen LogP contribution in [-0.4, -0.2) is 29.5 Å². The third-order valence-corrected chi connectivity index (χ3v) is 8.21. The zero-order valence-electron chi connectivity index (χ0n) is 17.5. The highest BCUT2D eigenvalue weighted by molar-refractivity contribution is 7.93. The Morgan fingerprint density at radius 1 is 1.23 bits per heavy atom. The second-order valence-electron chi connectivity index (χ2n) is 8.38. The van der Waals surface area contributed by atoms with Crippen molar-refractivity contribution in [3.8, 4) is 11.1 Å².